The SMILES string of the molecule is Cc1ccccc1CN(CC(C)C(=O)O)C(C)(C)C. The highest BCUT2D eigenvalue weighted by Gasteiger charge is 2.25. The summed E-state index contributed by atoms with van der Waals surface area (Å²) in [6.45, 7) is 11.6. The third-order valence-electron chi connectivity index (χ3n) is 3.49. The van der Waals surface area contributed by atoms with E-state index >= 15 is 0 Å². The number of carboxylic acids is 1. The summed E-state index contributed by atoms with van der Waals surface area (Å²) in [6.07, 6.45) is 0. The fourth-order valence-corrected chi connectivity index (χ4v) is 1.98. The number of aliphatic carboxylic acids is 1. The summed E-state index contributed by atoms with van der Waals surface area (Å²) in [4.78, 5) is 13.3. The first-order valence-corrected chi connectivity index (χ1v) is 6.74. The summed E-state index contributed by atoms with van der Waals surface area (Å²) >= 11 is 0. The minimum atomic E-state index is -0.737. The minimum absolute atomic E-state index is 0.0496. The average Bonchev–Trinajstić information content (AvgIpc) is 2.29. The maximum Gasteiger partial charge on any atom is 0.307 e. The molecule has 0 amide bonds. The van der Waals surface area contributed by atoms with Crippen molar-refractivity contribution < 1.29 is 9.90 Å². The van der Waals surface area contributed by atoms with Crippen LogP contribution in [0.15, 0.2) is 24.3 Å². The van der Waals surface area contributed by atoms with Crippen LogP contribution in [0.4, 0.5) is 0 Å². The number of aryl methyl sites for hydroxylation is 1. The molecule has 0 spiro atoms. The van der Waals surface area contributed by atoms with Crippen LogP contribution < -0.4 is 0 Å². The van der Waals surface area contributed by atoms with E-state index in [0.29, 0.717) is 6.54 Å². The van der Waals surface area contributed by atoms with Gasteiger partial charge in [0.05, 0.1) is 5.92 Å². The van der Waals surface area contributed by atoms with Crippen molar-refractivity contribution in [3.8, 4) is 0 Å². The van der Waals surface area contributed by atoms with Crippen molar-refractivity contribution in [2.75, 3.05) is 6.54 Å². The number of carboxylic acid groups (broad SMARTS) is 1. The van der Waals surface area contributed by atoms with Gasteiger partial charge in [-0.25, -0.2) is 0 Å². The maximum absolute atomic E-state index is 11.1. The lowest BCUT2D eigenvalue weighted by atomic mass is 10.00. The minimum Gasteiger partial charge on any atom is -0.481 e. The lowest BCUT2D eigenvalue weighted by Crippen LogP contribution is -2.44. The summed E-state index contributed by atoms with van der Waals surface area (Å²) in [6, 6.07) is 8.26. The van der Waals surface area contributed by atoms with Gasteiger partial charge in [0.2, 0.25) is 0 Å². The molecule has 1 atom stereocenters. The number of hydrogen-bond donors (Lipinski definition) is 1. The van der Waals surface area contributed by atoms with Gasteiger partial charge in [0.15, 0.2) is 0 Å². The molecule has 0 bridgehead atoms. The standard InChI is InChI=1S/C16H25NO2/c1-12-8-6-7-9-14(12)11-17(16(3,4)5)10-13(2)15(18)19/h6-9,13H,10-11H2,1-5H3,(H,18,19). The van der Waals surface area contributed by atoms with Crippen LogP contribution in [0, 0.1) is 12.8 Å². The van der Waals surface area contributed by atoms with Crippen molar-refractivity contribution >= 4 is 5.97 Å². The van der Waals surface area contributed by atoms with Crippen molar-refractivity contribution in [3.63, 3.8) is 0 Å². The van der Waals surface area contributed by atoms with Gasteiger partial charge in [-0.2, -0.15) is 0 Å². The van der Waals surface area contributed by atoms with Crippen LogP contribution >= 0.6 is 0 Å². The average molecular weight is 263 g/mol. The van der Waals surface area contributed by atoms with Gasteiger partial charge in [0.25, 0.3) is 0 Å². The number of carbonyl (C=O) groups is 1. The smallest absolute Gasteiger partial charge is 0.307 e. The van der Waals surface area contributed by atoms with E-state index in [0.717, 1.165) is 6.54 Å². The normalized spacial score (nSPS) is 13.6. The molecule has 3 heteroatoms. The molecular weight excluding hydrogens is 238 g/mol. The second-order valence-corrected chi connectivity index (χ2v) is 6.22. The first-order valence-electron chi connectivity index (χ1n) is 6.74. The molecule has 3 nitrogen and oxygen atoms in total. The molecule has 0 saturated carbocycles. The Labute approximate surface area is 116 Å². The Morgan fingerprint density at radius 2 is 1.89 bits per heavy atom. The molecule has 106 valence electrons. The second kappa shape index (κ2) is 6.20. The number of hydrogen-bond acceptors (Lipinski definition) is 2. The fraction of sp³-hybridized carbons (Fsp3) is 0.562. The van der Waals surface area contributed by atoms with E-state index < -0.39 is 5.97 Å². The number of rotatable bonds is 5. The second-order valence-electron chi connectivity index (χ2n) is 6.22. The number of benzene rings is 1. The molecule has 19 heavy (non-hydrogen) atoms. The molecule has 0 aliphatic carbocycles. The van der Waals surface area contributed by atoms with E-state index in [1.54, 1.807) is 6.92 Å². The van der Waals surface area contributed by atoms with Crippen LogP contribution in [0.2, 0.25) is 0 Å². The summed E-state index contributed by atoms with van der Waals surface area (Å²) < 4.78 is 0. The molecule has 0 radical (unpaired) electrons. The highest BCUT2D eigenvalue weighted by Crippen LogP contribution is 2.20. The van der Waals surface area contributed by atoms with Crippen LogP contribution in [0.1, 0.15) is 38.8 Å². The molecule has 0 aliphatic rings. The predicted octanol–water partition coefficient (Wildman–Crippen LogP) is 3.32. The summed E-state index contributed by atoms with van der Waals surface area (Å²) in [5.41, 5.74) is 2.46. The quantitative estimate of drug-likeness (QED) is 0.886. The highest BCUT2D eigenvalue weighted by molar-refractivity contribution is 5.69. The molecule has 1 N–H and O–H groups in total. The lowest BCUT2D eigenvalue weighted by Gasteiger charge is -2.37. The topological polar surface area (TPSA) is 40.5 Å². The van der Waals surface area contributed by atoms with Gasteiger partial charge in [0, 0.05) is 18.6 Å². The molecule has 0 heterocycles. The van der Waals surface area contributed by atoms with E-state index in [9.17, 15) is 4.79 Å². The van der Waals surface area contributed by atoms with Crippen molar-refractivity contribution in [2.45, 2.75) is 46.7 Å². The van der Waals surface area contributed by atoms with Crippen LogP contribution in [-0.2, 0) is 11.3 Å². The van der Waals surface area contributed by atoms with Crippen molar-refractivity contribution in [1.29, 1.82) is 0 Å². The molecule has 0 aliphatic heterocycles. The van der Waals surface area contributed by atoms with Gasteiger partial charge in [-0.3, -0.25) is 9.69 Å². The molecule has 1 unspecified atom stereocenters. The Hall–Kier alpha value is -1.35. The van der Waals surface area contributed by atoms with Crippen molar-refractivity contribution in [1.82, 2.24) is 4.90 Å². The molecule has 1 aromatic carbocycles. The predicted molar refractivity (Wildman–Crippen MR) is 78.1 cm³/mol. The molecule has 0 fully saturated rings. The van der Waals surface area contributed by atoms with Gasteiger partial charge >= 0.3 is 5.97 Å². The van der Waals surface area contributed by atoms with E-state index in [1.165, 1.54) is 11.1 Å². The highest BCUT2D eigenvalue weighted by atomic mass is 16.4. The Kier molecular flexibility index (Phi) is 5.12. The van der Waals surface area contributed by atoms with E-state index in [1.807, 2.05) is 12.1 Å². The van der Waals surface area contributed by atoms with E-state index in [4.69, 9.17) is 5.11 Å². The van der Waals surface area contributed by atoms with Gasteiger partial charge < -0.3 is 5.11 Å². The largest absolute Gasteiger partial charge is 0.481 e. The maximum atomic E-state index is 11.1. The van der Waals surface area contributed by atoms with Crippen LogP contribution in [-0.4, -0.2) is 28.1 Å². The Morgan fingerprint density at radius 1 is 1.32 bits per heavy atom. The number of nitrogens with zero attached hydrogens (tertiary/aromatic N) is 1. The lowest BCUT2D eigenvalue weighted by molar-refractivity contribution is -0.142. The molecule has 1 rings (SSSR count). The monoisotopic (exact) mass is 263 g/mol. The van der Waals surface area contributed by atoms with Crippen LogP contribution in [0.5, 0.6) is 0 Å². The summed E-state index contributed by atoms with van der Waals surface area (Å²) in [7, 11) is 0. The third-order valence-corrected chi connectivity index (χ3v) is 3.49. The Balaban J connectivity index is 2.88. The molecule has 1 aromatic rings. The van der Waals surface area contributed by atoms with Crippen LogP contribution in [0.25, 0.3) is 0 Å². The third kappa shape index (κ3) is 4.67. The summed E-state index contributed by atoms with van der Waals surface area (Å²) in [5, 5.41) is 9.09. The Bertz CT molecular complexity index is 435. The zero-order chi connectivity index (χ0) is 14.6. The Morgan fingerprint density at radius 3 is 2.37 bits per heavy atom. The first-order chi connectivity index (χ1) is 8.71. The fourth-order valence-electron chi connectivity index (χ4n) is 1.98. The van der Waals surface area contributed by atoms with Crippen LogP contribution in [0.3, 0.4) is 0 Å². The molecule has 0 saturated heterocycles. The zero-order valence-electron chi connectivity index (χ0n) is 12.6. The van der Waals surface area contributed by atoms with E-state index in [-0.39, 0.29) is 11.5 Å². The van der Waals surface area contributed by atoms with Gasteiger partial charge in [-0.15, -0.1) is 0 Å². The van der Waals surface area contributed by atoms with Crippen molar-refractivity contribution in [2.24, 2.45) is 5.92 Å². The first kappa shape index (κ1) is 15.7. The van der Waals surface area contributed by atoms with Gasteiger partial charge in [-0.05, 0) is 38.8 Å². The van der Waals surface area contributed by atoms with Gasteiger partial charge in [-0.1, -0.05) is 31.2 Å². The molecular formula is C16H25NO2. The summed E-state index contributed by atoms with van der Waals surface area (Å²) in [5.74, 6) is -1.10. The van der Waals surface area contributed by atoms with E-state index in [2.05, 4.69) is 44.7 Å². The molecule has 0 aromatic heterocycles. The van der Waals surface area contributed by atoms with Gasteiger partial charge in [0.1, 0.15) is 0 Å². The zero-order valence-corrected chi connectivity index (χ0v) is 12.6. The van der Waals surface area contributed by atoms with Crippen molar-refractivity contribution in [3.05, 3.63) is 35.4 Å².